The number of likely N-dealkylation sites (tertiary alicyclic amines) is 1. The first kappa shape index (κ1) is 22.4. The second-order valence-electron chi connectivity index (χ2n) is 10.4. The van der Waals surface area contributed by atoms with Crippen molar-refractivity contribution < 1.29 is 18.3 Å². The fourth-order valence-corrected chi connectivity index (χ4v) is 6.30. The molecule has 1 spiro atoms. The molecule has 2 aromatic rings. The molecule has 0 bridgehead atoms. The van der Waals surface area contributed by atoms with Crippen LogP contribution in [0, 0.1) is 11.3 Å². The van der Waals surface area contributed by atoms with Crippen LogP contribution in [-0.4, -0.2) is 67.1 Å². The van der Waals surface area contributed by atoms with E-state index in [-0.39, 0.29) is 36.4 Å². The van der Waals surface area contributed by atoms with Gasteiger partial charge in [0, 0.05) is 49.8 Å². The zero-order chi connectivity index (χ0) is 23.5. The standard InChI is InChI=1S/C25H29ClF2N4O2/c26-20-9-17-13-29-22(30-23(33)19-12-24(19)3-7-34-8-4-24)11-16(17)10-21(20)31-5-1-18(2-6-31)32-14-25(27,28)15-32/h9-11,13,18-19H,1-8,12,14-15H2,(H,29,30,33). The summed E-state index contributed by atoms with van der Waals surface area (Å²) < 4.78 is 31.9. The molecule has 6 nitrogen and oxygen atoms in total. The molecule has 182 valence electrons. The van der Waals surface area contributed by atoms with Gasteiger partial charge in [-0.15, -0.1) is 0 Å². The number of nitrogens with zero attached hydrogens (tertiary/aromatic N) is 3. The van der Waals surface area contributed by atoms with E-state index in [1.54, 1.807) is 6.20 Å². The molecule has 3 saturated heterocycles. The Kier molecular flexibility index (Phi) is 5.46. The Balaban J connectivity index is 1.13. The van der Waals surface area contributed by atoms with Crippen molar-refractivity contribution in [1.29, 1.82) is 0 Å². The van der Waals surface area contributed by atoms with Crippen LogP contribution < -0.4 is 10.2 Å². The molecular weight excluding hydrogens is 462 g/mol. The van der Waals surface area contributed by atoms with E-state index < -0.39 is 5.92 Å². The number of piperidine rings is 1. The van der Waals surface area contributed by atoms with Gasteiger partial charge in [-0.1, -0.05) is 11.6 Å². The summed E-state index contributed by atoms with van der Waals surface area (Å²) in [4.78, 5) is 21.4. The van der Waals surface area contributed by atoms with Gasteiger partial charge in [-0.25, -0.2) is 13.8 Å². The summed E-state index contributed by atoms with van der Waals surface area (Å²) in [7, 11) is 0. The number of benzene rings is 1. The highest BCUT2D eigenvalue weighted by molar-refractivity contribution is 6.34. The minimum atomic E-state index is -2.52. The minimum absolute atomic E-state index is 0.0431. The van der Waals surface area contributed by atoms with E-state index in [2.05, 4.69) is 15.2 Å². The van der Waals surface area contributed by atoms with Gasteiger partial charge in [0.15, 0.2) is 0 Å². The monoisotopic (exact) mass is 490 g/mol. The van der Waals surface area contributed by atoms with E-state index in [9.17, 15) is 13.6 Å². The van der Waals surface area contributed by atoms with Crippen LogP contribution in [-0.2, 0) is 9.53 Å². The summed E-state index contributed by atoms with van der Waals surface area (Å²) in [5.74, 6) is -1.88. The first-order valence-electron chi connectivity index (χ1n) is 12.2. The van der Waals surface area contributed by atoms with Crippen molar-refractivity contribution >= 4 is 39.8 Å². The van der Waals surface area contributed by atoms with Crippen molar-refractivity contribution in [3.8, 4) is 0 Å². The SMILES string of the molecule is O=C(Nc1cc2cc(N3CCC(N4CC(F)(F)C4)CC3)c(Cl)cc2cn1)C1CC12CCOCC2. The van der Waals surface area contributed by atoms with Crippen molar-refractivity contribution in [2.75, 3.05) is 49.6 Å². The van der Waals surface area contributed by atoms with Gasteiger partial charge in [-0.2, -0.15) is 0 Å². The predicted molar refractivity (Wildman–Crippen MR) is 128 cm³/mol. The molecule has 1 aliphatic carbocycles. The van der Waals surface area contributed by atoms with Crippen LogP contribution in [0.4, 0.5) is 20.3 Å². The third kappa shape index (κ3) is 4.14. The Morgan fingerprint density at radius 2 is 1.85 bits per heavy atom. The quantitative estimate of drug-likeness (QED) is 0.680. The van der Waals surface area contributed by atoms with Crippen LogP contribution >= 0.6 is 11.6 Å². The minimum Gasteiger partial charge on any atom is -0.381 e. The van der Waals surface area contributed by atoms with Crippen LogP contribution in [0.25, 0.3) is 10.8 Å². The lowest BCUT2D eigenvalue weighted by atomic mass is 9.93. The Hall–Kier alpha value is -2.03. The molecule has 1 unspecified atom stereocenters. The molecule has 1 atom stereocenters. The largest absolute Gasteiger partial charge is 0.381 e. The predicted octanol–water partition coefficient (Wildman–Crippen LogP) is 4.56. The maximum absolute atomic E-state index is 13.2. The number of fused-ring (bicyclic) bond motifs is 1. The number of rotatable bonds is 4. The van der Waals surface area contributed by atoms with Crippen molar-refractivity contribution in [3.05, 3.63) is 29.4 Å². The summed E-state index contributed by atoms with van der Waals surface area (Å²) in [6.45, 7) is 2.80. The highest BCUT2D eigenvalue weighted by Crippen LogP contribution is 2.59. The third-order valence-electron chi connectivity index (χ3n) is 8.22. The van der Waals surface area contributed by atoms with Crippen molar-refractivity contribution in [2.45, 2.75) is 44.1 Å². The van der Waals surface area contributed by atoms with Gasteiger partial charge in [0.05, 0.1) is 23.8 Å². The van der Waals surface area contributed by atoms with E-state index in [0.29, 0.717) is 10.8 Å². The number of alkyl halides is 2. The number of halogens is 3. The maximum Gasteiger partial charge on any atom is 0.272 e. The number of amides is 1. The number of hydrogen-bond donors (Lipinski definition) is 1. The first-order chi connectivity index (χ1) is 16.3. The first-order valence-corrected chi connectivity index (χ1v) is 12.5. The molecule has 1 aromatic carbocycles. The summed E-state index contributed by atoms with van der Waals surface area (Å²) >= 11 is 6.61. The molecule has 9 heteroatoms. The summed E-state index contributed by atoms with van der Waals surface area (Å²) in [5, 5.41) is 5.54. The molecule has 1 saturated carbocycles. The number of pyridine rings is 1. The fraction of sp³-hybridized carbons (Fsp3) is 0.600. The number of carbonyl (C=O) groups is 1. The van der Waals surface area contributed by atoms with Crippen LogP contribution in [0.1, 0.15) is 32.1 Å². The van der Waals surface area contributed by atoms with Gasteiger partial charge >= 0.3 is 0 Å². The van der Waals surface area contributed by atoms with Gasteiger partial charge < -0.3 is 15.0 Å². The smallest absolute Gasteiger partial charge is 0.272 e. The topological polar surface area (TPSA) is 57.7 Å². The molecule has 4 aliphatic rings. The highest BCUT2D eigenvalue weighted by Gasteiger charge is 2.58. The number of nitrogens with one attached hydrogen (secondary N) is 1. The Bertz CT molecular complexity index is 1110. The van der Waals surface area contributed by atoms with Crippen molar-refractivity contribution in [3.63, 3.8) is 0 Å². The highest BCUT2D eigenvalue weighted by atomic mass is 35.5. The van der Waals surface area contributed by atoms with Gasteiger partial charge in [0.2, 0.25) is 5.91 Å². The summed E-state index contributed by atoms with van der Waals surface area (Å²) in [6, 6.07) is 6.07. The zero-order valence-electron chi connectivity index (χ0n) is 19.0. The lowest BCUT2D eigenvalue weighted by molar-refractivity contribution is -0.148. The lowest BCUT2D eigenvalue weighted by Crippen LogP contribution is -2.61. The summed E-state index contributed by atoms with van der Waals surface area (Å²) in [5.41, 5.74) is 1.06. The second kappa shape index (κ2) is 8.28. The average Bonchev–Trinajstić information content (AvgIpc) is 3.50. The fourth-order valence-electron chi connectivity index (χ4n) is 6.00. The Labute approximate surface area is 202 Å². The number of anilines is 2. The molecule has 1 amide bonds. The zero-order valence-corrected chi connectivity index (χ0v) is 19.8. The van der Waals surface area contributed by atoms with Crippen molar-refractivity contribution in [2.24, 2.45) is 11.3 Å². The molecule has 4 fully saturated rings. The summed E-state index contributed by atoms with van der Waals surface area (Å²) in [6.07, 6.45) is 6.27. The van der Waals surface area contributed by atoms with E-state index >= 15 is 0 Å². The van der Waals surface area contributed by atoms with Crippen molar-refractivity contribution in [1.82, 2.24) is 9.88 Å². The van der Waals surface area contributed by atoms with Crippen LogP contribution in [0.2, 0.25) is 5.02 Å². The molecular formula is C25H29ClF2N4O2. The van der Waals surface area contributed by atoms with E-state index in [1.165, 1.54) is 0 Å². The van der Waals surface area contributed by atoms with Crippen LogP contribution in [0.15, 0.2) is 24.4 Å². The van der Waals surface area contributed by atoms with E-state index in [4.69, 9.17) is 16.3 Å². The van der Waals surface area contributed by atoms with Gasteiger partial charge in [-0.05, 0) is 61.1 Å². The lowest BCUT2D eigenvalue weighted by Gasteiger charge is -2.47. The van der Waals surface area contributed by atoms with Gasteiger partial charge in [0.1, 0.15) is 5.82 Å². The molecule has 34 heavy (non-hydrogen) atoms. The van der Waals surface area contributed by atoms with E-state index in [0.717, 1.165) is 74.9 Å². The molecule has 3 aliphatic heterocycles. The second-order valence-corrected chi connectivity index (χ2v) is 10.8. The van der Waals surface area contributed by atoms with E-state index in [1.807, 2.05) is 23.1 Å². The average molecular weight is 491 g/mol. The normalized spacial score (nSPS) is 26.4. The van der Waals surface area contributed by atoms with Crippen LogP contribution in [0.3, 0.4) is 0 Å². The maximum atomic E-state index is 13.2. The van der Waals surface area contributed by atoms with Crippen LogP contribution in [0.5, 0.6) is 0 Å². The number of aromatic nitrogens is 1. The molecule has 1 N–H and O–H groups in total. The third-order valence-corrected chi connectivity index (χ3v) is 8.53. The number of ether oxygens (including phenoxy) is 1. The molecule has 0 radical (unpaired) electrons. The Morgan fingerprint density at radius 3 is 2.56 bits per heavy atom. The van der Waals surface area contributed by atoms with Gasteiger partial charge in [0.25, 0.3) is 5.92 Å². The molecule has 1 aromatic heterocycles. The number of carbonyl (C=O) groups excluding carboxylic acids is 1. The Morgan fingerprint density at radius 1 is 1.12 bits per heavy atom. The molecule has 6 rings (SSSR count). The number of hydrogen-bond acceptors (Lipinski definition) is 5. The van der Waals surface area contributed by atoms with Gasteiger partial charge in [-0.3, -0.25) is 9.69 Å². The molecule has 4 heterocycles.